The Kier molecular flexibility index (Phi) is 4.61. The summed E-state index contributed by atoms with van der Waals surface area (Å²) in [4.78, 5) is 0. The van der Waals surface area contributed by atoms with Gasteiger partial charge in [0.2, 0.25) is 0 Å². The molecule has 18 heavy (non-hydrogen) atoms. The highest BCUT2D eigenvalue weighted by molar-refractivity contribution is 5.30. The van der Waals surface area contributed by atoms with Gasteiger partial charge < -0.3 is 15.2 Å². The van der Waals surface area contributed by atoms with Crippen LogP contribution in [0.2, 0.25) is 0 Å². The lowest BCUT2D eigenvalue weighted by Crippen LogP contribution is -2.46. The van der Waals surface area contributed by atoms with E-state index in [-0.39, 0.29) is 12.6 Å². The number of benzene rings is 1. The molecule has 3 heteroatoms. The van der Waals surface area contributed by atoms with Crippen LogP contribution in [-0.2, 0) is 0 Å². The van der Waals surface area contributed by atoms with Gasteiger partial charge in [-0.25, -0.2) is 0 Å². The number of nitrogens with one attached hydrogen (secondary N) is 1. The molecule has 0 aromatic heterocycles. The second-order valence-electron chi connectivity index (χ2n) is 5.09. The summed E-state index contributed by atoms with van der Waals surface area (Å²) in [6.45, 7) is 2.34. The molecule has 0 radical (unpaired) electrons. The summed E-state index contributed by atoms with van der Waals surface area (Å²) < 4.78 is 5.16. The number of methoxy groups -OCH3 is 1. The van der Waals surface area contributed by atoms with Crippen molar-refractivity contribution in [2.75, 3.05) is 13.7 Å². The summed E-state index contributed by atoms with van der Waals surface area (Å²) in [5, 5.41) is 12.7. The number of ether oxygens (including phenoxy) is 1. The molecule has 1 aliphatic carbocycles. The summed E-state index contributed by atoms with van der Waals surface area (Å²) >= 11 is 0. The van der Waals surface area contributed by atoms with Crippen LogP contribution in [0.3, 0.4) is 0 Å². The molecule has 0 unspecified atom stereocenters. The Bertz CT molecular complexity index is 353. The third-order valence-corrected chi connectivity index (χ3v) is 3.91. The lowest BCUT2D eigenvalue weighted by Gasteiger charge is -2.38. The number of rotatable bonds is 6. The predicted octanol–water partition coefficient (Wildman–Crippen LogP) is 2.30. The van der Waals surface area contributed by atoms with Crippen molar-refractivity contribution in [1.82, 2.24) is 5.32 Å². The van der Waals surface area contributed by atoms with Gasteiger partial charge in [-0.05, 0) is 42.9 Å². The molecule has 1 aromatic rings. The van der Waals surface area contributed by atoms with E-state index < -0.39 is 0 Å². The predicted molar refractivity (Wildman–Crippen MR) is 73.1 cm³/mol. The first kappa shape index (κ1) is 13.4. The zero-order valence-corrected chi connectivity index (χ0v) is 11.2. The van der Waals surface area contributed by atoms with Crippen molar-refractivity contribution in [3.05, 3.63) is 29.8 Å². The van der Waals surface area contributed by atoms with Gasteiger partial charge in [0, 0.05) is 12.1 Å². The summed E-state index contributed by atoms with van der Waals surface area (Å²) in [5.41, 5.74) is 1.39. The van der Waals surface area contributed by atoms with Gasteiger partial charge in [-0.2, -0.15) is 0 Å². The molecular weight excluding hydrogens is 226 g/mol. The van der Waals surface area contributed by atoms with Crippen LogP contribution in [-0.4, -0.2) is 30.9 Å². The summed E-state index contributed by atoms with van der Waals surface area (Å²) in [6.07, 6.45) is 3.33. The Morgan fingerprint density at radius 3 is 2.50 bits per heavy atom. The van der Waals surface area contributed by atoms with E-state index in [2.05, 4.69) is 24.4 Å². The monoisotopic (exact) mass is 249 g/mol. The highest BCUT2D eigenvalue weighted by Crippen LogP contribution is 2.37. The lowest BCUT2D eigenvalue weighted by atomic mass is 9.75. The molecule has 100 valence electrons. The van der Waals surface area contributed by atoms with E-state index in [9.17, 15) is 0 Å². The molecule has 1 aliphatic rings. The van der Waals surface area contributed by atoms with E-state index in [4.69, 9.17) is 9.84 Å². The van der Waals surface area contributed by atoms with E-state index in [1.807, 2.05) is 12.1 Å². The molecule has 2 N–H and O–H groups in total. The first-order valence-corrected chi connectivity index (χ1v) is 6.77. The van der Waals surface area contributed by atoms with Crippen LogP contribution in [0.15, 0.2) is 24.3 Å². The van der Waals surface area contributed by atoms with Crippen molar-refractivity contribution in [1.29, 1.82) is 0 Å². The van der Waals surface area contributed by atoms with Crippen LogP contribution < -0.4 is 10.1 Å². The van der Waals surface area contributed by atoms with Gasteiger partial charge in [-0.1, -0.05) is 19.1 Å². The van der Waals surface area contributed by atoms with Crippen molar-refractivity contribution in [2.24, 2.45) is 0 Å². The molecule has 1 saturated carbocycles. The molecule has 1 atom stereocenters. The fraction of sp³-hybridized carbons (Fsp3) is 0.600. The molecule has 0 spiro atoms. The largest absolute Gasteiger partial charge is 0.497 e. The van der Waals surface area contributed by atoms with Gasteiger partial charge in [0.1, 0.15) is 5.75 Å². The highest BCUT2D eigenvalue weighted by atomic mass is 16.5. The van der Waals surface area contributed by atoms with Crippen molar-refractivity contribution < 1.29 is 9.84 Å². The highest BCUT2D eigenvalue weighted by Gasteiger charge is 2.31. The molecule has 2 rings (SSSR count). The maximum absolute atomic E-state index is 9.16. The summed E-state index contributed by atoms with van der Waals surface area (Å²) in [7, 11) is 1.69. The second kappa shape index (κ2) is 6.21. The zero-order valence-electron chi connectivity index (χ0n) is 11.2. The average Bonchev–Trinajstić information content (AvgIpc) is 2.38. The standard InChI is InChI=1S/C15H23NO2/c1-3-13(10-17)16-14-8-12(9-14)11-4-6-15(18-2)7-5-11/h4-7,12-14,16-17H,3,8-10H2,1-2H3/t12?,13-,14?/m0/s1. The molecular formula is C15H23NO2. The molecule has 0 aliphatic heterocycles. The van der Waals surface area contributed by atoms with Crippen LogP contribution >= 0.6 is 0 Å². The van der Waals surface area contributed by atoms with Crippen LogP contribution in [0.5, 0.6) is 5.75 Å². The number of hydrogen-bond acceptors (Lipinski definition) is 3. The minimum atomic E-state index is 0.236. The maximum atomic E-state index is 9.16. The van der Waals surface area contributed by atoms with Crippen molar-refractivity contribution in [2.45, 2.75) is 44.2 Å². The van der Waals surface area contributed by atoms with Gasteiger partial charge in [0.15, 0.2) is 0 Å². The Hall–Kier alpha value is -1.06. The van der Waals surface area contributed by atoms with E-state index in [1.54, 1.807) is 7.11 Å². The molecule has 0 heterocycles. The molecule has 1 aromatic carbocycles. The van der Waals surface area contributed by atoms with Crippen LogP contribution in [0.25, 0.3) is 0 Å². The van der Waals surface area contributed by atoms with Crippen LogP contribution in [0.1, 0.15) is 37.7 Å². The second-order valence-corrected chi connectivity index (χ2v) is 5.09. The summed E-state index contributed by atoms with van der Waals surface area (Å²) in [6, 6.07) is 9.18. The third kappa shape index (κ3) is 3.03. The number of aliphatic hydroxyl groups is 1. The molecule has 1 fully saturated rings. The van der Waals surface area contributed by atoms with Crippen molar-refractivity contribution in [3.63, 3.8) is 0 Å². The van der Waals surface area contributed by atoms with Gasteiger partial charge >= 0.3 is 0 Å². The molecule has 0 saturated heterocycles. The van der Waals surface area contributed by atoms with E-state index in [1.165, 1.54) is 18.4 Å². The van der Waals surface area contributed by atoms with E-state index in [0.29, 0.717) is 12.0 Å². The molecule has 0 amide bonds. The minimum Gasteiger partial charge on any atom is -0.497 e. The molecule has 3 nitrogen and oxygen atoms in total. The van der Waals surface area contributed by atoms with E-state index in [0.717, 1.165) is 12.2 Å². The third-order valence-electron chi connectivity index (χ3n) is 3.91. The number of aliphatic hydroxyl groups excluding tert-OH is 1. The van der Waals surface area contributed by atoms with Crippen molar-refractivity contribution in [3.8, 4) is 5.75 Å². The average molecular weight is 249 g/mol. The first-order valence-electron chi connectivity index (χ1n) is 6.77. The normalized spacial score (nSPS) is 24.4. The fourth-order valence-electron chi connectivity index (χ4n) is 2.54. The Morgan fingerprint density at radius 1 is 1.33 bits per heavy atom. The lowest BCUT2D eigenvalue weighted by molar-refractivity contribution is 0.193. The van der Waals surface area contributed by atoms with Crippen LogP contribution in [0.4, 0.5) is 0 Å². The Balaban J connectivity index is 1.81. The SMILES string of the molecule is CC[C@@H](CO)NC1CC(c2ccc(OC)cc2)C1. The smallest absolute Gasteiger partial charge is 0.118 e. The van der Waals surface area contributed by atoms with Gasteiger partial charge in [0.05, 0.1) is 13.7 Å². The number of hydrogen-bond donors (Lipinski definition) is 2. The minimum absolute atomic E-state index is 0.236. The summed E-state index contributed by atoms with van der Waals surface area (Å²) in [5.74, 6) is 1.57. The Labute approximate surface area is 109 Å². The zero-order chi connectivity index (χ0) is 13.0. The van der Waals surface area contributed by atoms with Gasteiger partial charge in [0.25, 0.3) is 0 Å². The Morgan fingerprint density at radius 2 is 2.00 bits per heavy atom. The fourth-order valence-corrected chi connectivity index (χ4v) is 2.54. The van der Waals surface area contributed by atoms with Gasteiger partial charge in [-0.15, -0.1) is 0 Å². The maximum Gasteiger partial charge on any atom is 0.118 e. The topological polar surface area (TPSA) is 41.5 Å². The van der Waals surface area contributed by atoms with Crippen molar-refractivity contribution >= 4 is 0 Å². The van der Waals surface area contributed by atoms with Gasteiger partial charge in [-0.3, -0.25) is 0 Å². The van der Waals surface area contributed by atoms with E-state index >= 15 is 0 Å². The quantitative estimate of drug-likeness (QED) is 0.813. The van der Waals surface area contributed by atoms with Crippen LogP contribution in [0, 0.1) is 0 Å². The first-order chi connectivity index (χ1) is 8.76. The molecule has 0 bridgehead atoms.